The van der Waals surface area contributed by atoms with Crippen LogP contribution in [0.5, 0.6) is 0 Å². The molecule has 1 fully saturated rings. The Morgan fingerprint density at radius 1 is 1.57 bits per heavy atom. The Bertz CT molecular complexity index is 639. The number of hydrogen-bond donors (Lipinski definition) is 1. The monoisotopic (exact) mass is 333 g/mol. The predicted molar refractivity (Wildman–Crippen MR) is 91.7 cm³/mol. The molecule has 0 radical (unpaired) electrons. The second kappa shape index (κ2) is 7.23. The van der Waals surface area contributed by atoms with E-state index in [1.807, 2.05) is 13.1 Å². The summed E-state index contributed by atoms with van der Waals surface area (Å²) in [7, 11) is 0. The molecule has 1 saturated heterocycles. The minimum absolute atomic E-state index is 0.0469. The standard InChI is InChI=1S/C16H23N5OS/c1-3-21(12(2)22)16-18-14(11-23-16)10-20-8-4-5-13(9-20)15-6-7-17-19-15/h6-7,11,13H,3-5,8-10H2,1-2H3,(H,17,19)/t13-/m0/s1. The molecule has 7 heteroatoms. The maximum absolute atomic E-state index is 11.6. The molecule has 1 amide bonds. The molecule has 6 nitrogen and oxygen atoms in total. The summed E-state index contributed by atoms with van der Waals surface area (Å²) < 4.78 is 0. The second-order valence-corrected chi connectivity index (χ2v) is 6.81. The van der Waals surface area contributed by atoms with Crippen molar-refractivity contribution in [3.05, 3.63) is 29.0 Å². The Hall–Kier alpha value is -1.73. The summed E-state index contributed by atoms with van der Waals surface area (Å²) in [6.45, 7) is 7.19. The van der Waals surface area contributed by atoms with Gasteiger partial charge in [-0.15, -0.1) is 11.3 Å². The topological polar surface area (TPSA) is 65.1 Å². The van der Waals surface area contributed by atoms with E-state index < -0.39 is 0 Å². The number of likely N-dealkylation sites (tertiary alicyclic amines) is 1. The third-order valence-corrected chi connectivity index (χ3v) is 5.23. The number of anilines is 1. The van der Waals surface area contributed by atoms with Crippen molar-refractivity contribution in [1.29, 1.82) is 0 Å². The molecule has 0 aliphatic carbocycles. The molecule has 0 bridgehead atoms. The van der Waals surface area contributed by atoms with Crippen molar-refractivity contribution in [3.63, 3.8) is 0 Å². The van der Waals surface area contributed by atoms with E-state index in [4.69, 9.17) is 0 Å². The first kappa shape index (κ1) is 16.1. The van der Waals surface area contributed by atoms with Gasteiger partial charge in [0.1, 0.15) is 0 Å². The molecular formula is C16H23N5OS. The number of carbonyl (C=O) groups excluding carboxylic acids is 1. The van der Waals surface area contributed by atoms with Crippen LogP contribution in [0.15, 0.2) is 17.6 Å². The Morgan fingerprint density at radius 2 is 2.43 bits per heavy atom. The van der Waals surface area contributed by atoms with Gasteiger partial charge in [-0.1, -0.05) is 0 Å². The summed E-state index contributed by atoms with van der Waals surface area (Å²) in [5.41, 5.74) is 2.28. The number of thiazole rings is 1. The van der Waals surface area contributed by atoms with Crippen LogP contribution in [0.25, 0.3) is 0 Å². The highest BCUT2D eigenvalue weighted by atomic mass is 32.1. The van der Waals surface area contributed by atoms with Crippen molar-refractivity contribution in [1.82, 2.24) is 20.1 Å². The van der Waals surface area contributed by atoms with Gasteiger partial charge in [-0.05, 0) is 32.4 Å². The quantitative estimate of drug-likeness (QED) is 0.913. The normalized spacial score (nSPS) is 19.0. The Balaban J connectivity index is 1.63. The number of hydrogen-bond acceptors (Lipinski definition) is 5. The van der Waals surface area contributed by atoms with E-state index in [1.165, 1.54) is 18.5 Å². The van der Waals surface area contributed by atoms with E-state index in [1.54, 1.807) is 23.2 Å². The van der Waals surface area contributed by atoms with E-state index in [-0.39, 0.29) is 5.91 Å². The van der Waals surface area contributed by atoms with Crippen LogP contribution in [0.4, 0.5) is 5.13 Å². The van der Waals surface area contributed by atoms with Crippen molar-refractivity contribution in [3.8, 4) is 0 Å². The largest absolute Gasteiger partial charge is 0.297 e. The predicted octanol–water partition coefficient (Wildman–Crippen LogP) is 2.62. The number of nitrogens with one attached hydrogen (secondary N) is 1. The van der Waals surface area contributed by atoms with Crippen LogP contribution < -0.4 is 4.90 Å². The van der Waals surface area contributed by atoms with Crippen molar-refractivity contribution < 1.29 is 4.79 Å². The zero-order chi connectivity index (χ0) is 16.2. The van der Waals surface area contributed by atoms with Gasteiger partial charge in [0, 0.05) is 49.7 Å². The number of aromatic nitrogens is 3. The molecule has 0 aromatic carbocycles. The molecule has 0 spiro atoms. The summed E-state index contributed by atoms with van der Waals surface area (Å²) in [4.78, 5) is 20.4. The fourth-order valence-corrected chi connectivity index (χ4v) is 4.09. The molecule has 1 aliphatic heterocycles. The first-order valence-corrected chi connectivity index (χ1v) is 8.99. The molecule has 1 N–H and O–H groups in total. The highest BCUT2D eigenvalue weighted by molar-refractivity contribution is 7.14. The molecule has 124 valence electrons. The lowest BCUT2D eigenvalue weighted by molar-refractivity contribution is -0.116. The van der Waals surface area contributed by atoms with Crippen LogP contribution in [-0.4, -0.2) is 45.6 Å². The fourth-order valence-electron chi connectivity index (χ4n) is 3.16. The first-order chi connectivity index (χ1) is 11.2. The maximum atomic E-state index is 11.6. The molecule has 3 rings (SSSR count). The van der Waals surface area contributed by atoms with Crippen LogP contribution >= 0.6 is 11.3 Å². The first-order valence-electron chi connectivity index (χ1n) is 8.11. The zero-order valence-electron chi connectivity index (χ0n) is 13.7. The molecule has 3 heterocycles. The molecule has 0 unspecified atom stereocenters. The average Bonchev–Trinajstić information content (AvgIpc) is 3.20. The molecule has 23 heavy (non-hydrogen) atoms. The van der Waals surface area contributed by atoms with Gasteiger partial charge in [-0.25, -0.2) is 4.98 Å². The van der Waals surface area contributed by atoms with Gasteiger partial charge in [0.25, 0.3) is 0 Å². The van der Waals surface area contributed by atoms with Crippen molar-refractivity contribution >= 4 is 22.4 Å². The van der Waals surface area contributed by atoms with Crippen LogP contribution in [0.3, 0.4) is 0 Å². The van der Waals surface area contributed by atoms with E-state index in [2.05, 4.69) is 31.5 Å². The van der Waals surface area contributed by atoms with Gasteiger partial charge in [-0.2, -0.15) is 5.10 Å². The van der Waals surface area contributed by atoms with Gasteiger partial charge in [0.05, 0.1) is 5.69 Å². The average molecular weight is 333 g/mol. The number of rotatable bonds is 5. The third kappa shape index (κ3) is 3.79. The minimum atomic E-state index is 0.0469. The third-order valence-electron chi connectivity index (χ3n) is 4.32. The van der Waals surface area contributed by atoms with Gasteiger partial charge in [0.2, 0.25) is 5.91 Å². The lowest BCUT2D eigenvalue weighted by Gasteiger charge is -2.31. The summed E-state index contributed by atoms with van der Waals surface area (Å²) >= 11 is 1.55. The highest BCUT2D eigenvalue weighted by Gasteiger charge is 2.23. The van der Waals surface area contributed by atoms with Crippen molar-refractivity contribution in [2.45, 2.75) is 39.2 Å². The molecular weight excluding hydrogens is 310 g/mol. The van der Waals surface area contributed by atoms with E-state index >= 15 is 0 Å². The molecule has 1 atom stereocenters. The lowest BCUT2D eigenvalue weighted by Crippen LogP contribution is -2.34. The van der Waals surface area contributed by atoms with E-state index in [9.17, 15) is 4.79 Å². The van der Waals surface area contributed by atoms with Gasteiger partial charge in [0.15, 0.2) is 5.13 Å². The Kier molecular flexibility index (Phi) is 5.07. The lowest BCUT2D eigenvalue weighted by atomic mass is 9.95. The number of carbonyl (C=O) groups is 1. The van der Waals surface area contributed by atoms with Crippen LogP contribution in [-0.2, 0) is 11.3 Å². The molecule has 2 aromatic rings. The van der Waals surface area contributed by atoms with Gasteiger partial charge >= 0.3 is 0 Å². The Labute approximate surface area is 140 Å². The minimum Gasteiger partial charge on any atom is -0.297 e. The van der Waals surface area contributed by atoms with Crippen molar-refractivity contribution in [2.75, 3.05) is 24.5 Å². The van der Waals surface area contributed by atoms with E-state index in [0.29, 0.717) is 12.5 Å². The fraction of sp³-hybridized carbons (Fsp3) is 0.562. The summed E-state index contributed by atoms with van der Waals surface area (Å²) in [6.07, 6.45) is 4.21. The number of aromatic amines is 1. The van der Waals surface area contributed by atoms with Gasteiger partial charge < -0.3 is 0 Å². The number of H-pyrrole nitrogens is 1. The second-order valence-electron chi connectivity index (χ2n) is 5.97. The Morgan fingerprint density at radius 3 is 3.13 bits per heavy atom. The SMILES string of the molecule is CCN(C(C)=O)c1nc(CN2CCC[C@H](c3ccn[nH]3)C2)cs1. The zero-order valence-corrected chi connectivity index (χ0v) is 14.5. The number of nitrogens with zero attached hydrogens (tertiary/aromatic N) is 4. The van der Waals surface area contributed by atoms with Gasteiger partial charge in [-0.3, -0.25) is 19.7 Å². The van der Waals surface area contributed by atoms with Crippen molar-refractivity contribution in [2.24, 2.45) is 0 Å². The van der Waals surface area contributed by atoms with Crippen LogP contribution in [0.1, 0.15) is 44.0 Å². The molecule has 1 aliphatic rings. The summed E-state index contributed by atoms with van der Waals surface area (Å²) in [5, 5.41) is 10.0. The van der Waals surface area contributed by atoms with Crippen LogP contribution in [0.2, 0.25) is 0 Å². The summed E-state index contributed by atoms with van der Waals surface area (Å²) in [6, 6.07) is 2.07. The van der Waals surface area contributed by atoms with E-state index in [0.717, 1.165) is 30.5 Å². The molecule has 2 aromatic heterocycles. The van der Waals surface area contributed by atoms with Crippen LogP contribution in [0, 0.1) is 0 Å². The smallest absolute Gasteiger partial charge is 0.225 e. The molecule has 0 saturated carbocycles. The number of amides is 1. The maximum Gasteiger partial charge on any atom is 0.225 e. The highest BCUT2D eigenvalue weighted by Crippen LogP contribution is 2.27. The number of piperidine rings is 1. The summed E-state index contributed by atoms with van der Waals surface area (Å²) in [5.74, 6) is 0.569.